The first-order chi connectivity index (χ1) is 18.0. The number of carbonyl (C=O) groups is 3. The summed E-state index contributed by atoms with van der Waals surface area (Å²) in [4.78, 5) is 40.9. The van der Waals surface area contributed by atoms with E-state index >= 15 is 0 Å². The summed E-state index contributed by atoms with van der Waals surface area (Å²) in [6.45, 7) is 2.21. The third kappa shape index (κ3) is 4.38. The third-order valence-electron chi connectivity index (χ3n) is 8.35. The molecule has 8 nitrogen and oxygen atoms in total. The Morgan fingerprint density at radius 2 is 1.81 bits per heavy atom. The minimum atomic E-state index is -0.616. The number of likely N-dealkylation sites (tertiary alicyclic amines) is 1. The minimum Gasteiger partial charge on any atom is -0.489 e. The van der Waals surface area contributed by atoms with Crippen molar-refractivity contribution in [3.05, 3.63) is 64.7 Å². The highest BCUT2D eigenvalue weighted by atomic mass is 16.5. The molecule has 0 aromatic heterocycles. The molecule has 3 amide bonds. The number of benzene rings is 2. The van der Waals surface area contributed by atoms with Gasteiger partial charge in [-0.2, -0.15) is 5.26 Å². The number of imide groups is 1. The van der Waals surface area contributed by atoms with Crippen molar-refractivity contribution in [2.75, 3.05) is 13.1 Å². The first-order valence-corrected chi connectivity index (χ1v) is 13.2. The zero-order valence-electron chi connectivity index (χ0n) is 20.7. The second-order valence-corrected chi connectivity index (χ2v) is 10.6. The van der Waals surface area contributed by atoms with Crippen LogP contribution in [0.1, 0.15) is 71.5 Å². The average Bonchev–Trinajstić information content (AvgIpc) is 3.20. The first-order valence-electron chi connectivity index (χ1n) is 13.2. The third-order valence-corrected chi connectivity index (χ3v) is 8.35. The fraction of sp³-hybridized carbons (Fsp3) is 0.448. The zero-order valence-corrected chi connectivity index (χ0v) is 20.7. The number of nitrogens with zero attached hydrogens (tertiary/aromatic N) is 3. The predicted molar refractivity (Wildman–Crippen MR) is 135 cm³/mol. The second kappa shape index (κ2) is 9.64. The molecule has 3 atom stereocenters. The van der Waals surface area contributed by atoms with E-state index in [1.54, 1.807) is 11.0 Å². The number of amides is 3. The molecule has 8 heteroatoms. The van der Waals surface area contributed by atoms with Gasteiger partial charge in [-0.25, -0.2) is 0 Å². The van der Waals surface area contributed by atoms with E-state index in [0.29, 0.717) is 30.5 Å². The fourth-order valence-corrected chi connectivity index (χ4v) is 6.37. The molecule has 3 aliphatic heterocycles. The summed E-state index contributed by atoms with van der Waals surface area (Å²) in [7, 11) is 0. The molecule has 190 valence electrons. The van der Waals surface area contributed by atoms with E-state index in [0.717, 1.165) is 54.8 Å². The van der Waals surface area contributed by atoms with Crippen LogP contribution in [-0.2, 0) is 16.1 Å². The van der Waals surface area contributed by atoms with E-state index in [9.17, 15) is 19.6 Å². The molecule has 0 radical (unpaired) electrons. The molecule has 6 rings (SSSR count). The number of rotatable bonds is 5. The molecule has 3 unspecified atom stereocenters. The van der Waals surface area contributed by atoms with Crippen LogP contribution in [0, 0.1) is 11.3 Å². The van der Waals surface area contributed by atoms with Crippen molar-refractivity contribution in [2.24, 2.45) is 0 Å². The monoisotopic (exact) mass is 498 g/mol. The average molecular weight is 499 g/mol. The molecule has 37 heavy (non-hydrogen) atoms. The maximum Gasteiger partial charge on any atom is 0.255 e. The van der Waals surface area contributed by atoms with Crippen LogP contribution in [-0.4, -0.2) is 58.8 Å². The highest BCUT2D eigenvalue weighted by Gasteiger charge is 2.41. The van der Waals surface area contributed by atoms with E-state index in [-0.39, 0.29) is 24.3 Å². The van der Waals surface area contributed by atoms with Gasteiger partial charge in [-0.05, 0) is 61.1 Å². The lowest BCUT2D eigenvalue weighted by molar-refractivity contribution is -0.136. The highest BCUT2D eigenvalue weighted by Crippen LogP contribution is 2.37. The Balaban J connectivity index is 1.12. The minimum absolute atomic E-state index is 0.0716. The molecular formula is C29H30N4O4. The zero-order chi connectivity index (χ0) is 25.5. The molecule has 0 spiro atoms. The Bertz CT molecular complexity index is 1300. The van der Waals surface area contributed by atoms with Gasteiger partial charge in [0.05, 0.1) is 11.6 Å². The highest BCUT2D eigenvalue weighted by molar-refractivity contribution is 6.05. The fourth-order valence-electron chi connectivity index (χ4n) is 6.37. The van der Waals surface area contributed by atoms with Crippen molar-refractivity contribution in [3.8, 4) is 11.8 Å². The Kier molecular flexibility index (Phi) is 6.17. The standard InChI is InChI=1S/C29H30N4O4/c30-14-18-5-1-2-6-22(18)20-15-32(16-20)24-7-3-4-8-26(24)37-21-9-10-23-19(13-21)17-33(29(23)36)25-11-12-27(34)31-28(25)35/h1-2,5-6,9-10,13,20,24-26H,3-4,7-8,11-12,15-17H2,(H,31,34,35). The van der Waals surface area contributed by atoms with Gasteiger partial charge in [0.1, 0.15) is 17.9 Å². The van der Waals surface area contributed by atoms with Crippen molar-refractivity contribution < 1.29 is 19.1 Å². The molecule has 1 aliphatic carbocycles. The number of hydrogen-bond donors (Lipinski definition) is 1. The lowest BCUT2D eigenvalue weighted by Gasteiger charge is -2.48. The summed E-state index contributed by atoms with van der Waals surface area (Å²) in [5, 5.41) is 11.8. The van der Waals surface area contributed by atoms with E-state index in [2.05, 4.69) is 22.4 Å². The Morgan fingerprint density at radius 3 is 2.62 bits per heavy atom. The number of nitriles is 1. The van der Waals surface area contributed by atoms with Crippen LogP contribution in [0.4, 0.5) is 0 Å². The van der Waals surface area contributed by atoms with E-state index in [1.807, 2.05) is 30.3 Å². The van der Waals surface area contributed by atoms with Crippen molar-refractivity contribution in [1.29, 1.82) is 5.26 Å². The van der Waals surface area contributed by atoms with Gasteiger partial charge in [0, 0.05) is 43.6 Å². The number of carbonyl (C=O) groups excluding carboxylic acids is 3. The van der Waals surface area contributed by atoms with E-state index < -0.39 is 11.9 Å². The topological polar surface area (TPSA) is 103 Å². The van der Waals surface area contributed by atoms with Gasteiger partial charge in [-0.1, -0.05) is 24.6 Å². The molecule has 4 aliphatic rings. The molecule has 0 bridgehead atoms. The van der Waals surface area contributed by atoms with Gasteiger partial charge in [-0.15, -0.1) is 0 Å². The summed E-state index contributed by atoms with van der Waals surface area (Å²) >= 11 is 0. The number of nitrogens with one attached hydrogen (secondary N) is 1. The van der Waals surface area contributed by atoms with E-state index in [1.165, 1.54) is 6.42 Å². The molecule has 2 saturated heterocycles. The van der Waals surface area contributed by atoms with Crippen molar-refractivity contribution in [3.63, 3.8) is 0 Å². The Morgan fingerprint density at radius 1 is 1.00 bits per heavy atom. The van der Waals surface area contributed by atoms with Crippen LogP contribution < -0.4 is 10.1 Å². The lowest BCUT2D eigenvalue weighted by atomic mass is 9.83. The summed E-state index contributed by atoms with van der Waals surface area (Å²) < 4.78 is 6.54. The summed E-state index contributed by atoms with van der Waals surface area (Å²) in [6, 6.07) is 15.5. The van der Waals surface area contributed by atoms with Crippen LogP contribution in [0.3, 0.4) is 0 Å². The van der Waals surface area contributed by atoms with Gasteiger partial charge in [-0.3, -0.25) is 24.6 Å². The SMILES string of the molecule is N#Cc1ccccc1C1CN(C2CCCCC2Oc2ccc3c(c2)CN(C2CCC(=O)NC2=O)C3=O)C1. The van der Waals surface area contributed by atoms with Gasteiger partial charge >= 0.3 is 0 Å². The quantitative estimate of drug-likeness (QED) is 0.636. The molecular weight excluding hydrogens is 468 g/mol. The normalized spacial score (nSPS) is 26.3. The van der Waals surface area contributed by atoms with Crippen LogP contribution in [0.2, 0.25) is 0 Å². The molecule has 1 saturated carbocycles. The van der Waals surface area contributed by atoms with Gasteiger partial charge < -0.3 is 9.64 Å². The molecule has 3 fully saturated rings. The molecule has 3 heterocycles. The summed E-state index contributed by atoms with van der Waals surface area (Å²) in [6.07, 6.45) is 5.05. The lowest BCUT2D eigenvalue weighted by Crippen LogP contribution is -2.57. The van der Waals surface area contributed by atoms with Gasteiger partial charge in [0.2, 0.25) is 11.8 Å². The maximum absolute atomic E-state index is 13.0. The summed E-state index contributed by atoms with van der Waals surface area (Å²) in [5.41, 5.74) is 3.36. The largest absolute Gasteiger partial charge is 0.489 e. The van der Waals surface area contributed by atoms with Gasteiger partial charge in [0.15, 0.2) is 0 Å². The molecule has 1 N–H and O–H groups in total. The van der Waals surface area contributed by atoms with Crippen LogP contribution in [0.25, 0.3) is 0 Å². The van der Waals surface area contributed by atoms with Crippen molar-refractivity contribution >= 4 is 17.7 Å². The molecule has 2 aromatic carbocycles. The first kappa shape index (κ1) is 23.7. The number of piperidine rings is 1. The maximum atomic E-state index is 13.0. The Labute approximate surface area is 216 Å². The molecule has 2 aromatic rings. The van der Waals surface area contributed by atoms with Crippen LogP contribution in [0.15, 0.2) is 42.5 Å². The smallest absolute Gasteiger partial charge is 0.255 e. The number of ether oxygens (including phenoxy) is 1. The van der Waals surface area contributed by atoms with Crippen molar-refractivity contribution in [2.45, 2.75) is 69.2 Å². The van der Waals surface area contributed by atoms with Crippen molar-refractivity contribution in [1.82, 2.24) is 15.1 Å². The second-order valence-electron chi connectivity index (χ2n) is 10.6. The van der Waals surface area contributed by atoms with E-state index in [4.69, 9.17) is 4.74 Å². The number of fused-ring (bicyclic) bond motifs is 1. The van der Waals surface area contributed by atoms with Gasteiger partial charge in [0.25, 0.3) is 5.91 Å². The number of hydrogen-bond acceptors (Lipinski definition) is 6. The van der Waals surface area contributed by atoms with Crippen LogP contribution in [0.5, 0.6) is 5.75 Å². The van der Waals surface area contributed by atoms with Crippen LogP contribution >= 0.6 is 0 Å². The summed E-state index contributed by atoms with van der Waals surface area (Å²) in [5.74, 6) is 0.272. The Hall–Kier alpha value is -3.70. The predicted octanol–water partition coefficient (Wildman–Crippen LogP) is 3.11.